The van der Waals surface area contributed by atoms with Crippen LogP contribution in [-0.4, -0.2) is 17.0 Å². The van der Waals surface area contributed by atoms with E-state index in [1.165, 1.54) is 11.1 Å². The number of nitrogens with zero attached hydrogens (tertiary/aromatic N) is 2. The number of rotatable bonds is 4. The van der Waals surface area contributed by atoms with Crippen molar-refractivity contribution in [3.63, 3.8) is 0 Å². The third-order valence-electron chi connectivity index (χ3n) is 2.89. The van der Waals surface area contributed by atoms with Gasteiger partial charge in [0, 0.05) is 25.2 Å². The average Bonchev–Trinajstić information content (AvgIpc) is 2.38. The Hall–Kier alpha value is -1.90. The van der Waals surface area contributed by atoms with Crippen LogP contribution in [0.25, 0.3) is 0 Å². The molecule has 0 spiro atoms. The van der Waals surface area contributed by atoms with E-state index in [4.69, 9.17) is 0 Å². The molecule has 0 saturated carbocycles. The molecule has 0 aliphatic rings. The normalized spacial score (nSPS) is 10.4. The van der Waals surface area contributed by atoms with E-state index in [1.807, 2.05) is 13.1 Å². The summed E-state index contributed by atoms with van der Waals surface area (Å²) in [6.07, 6.45) is 1.71. The molecule has 0 aliphatic heterocycles. The summed E-state index contributed by atoms with van der Waals surface area (Å²) in [5, 5.41) is 3.09. The Bertz CT molecular complexity index is 513. The molecular formula is C15H19N3. The highest BCUT2D eigenvalue weighted by molar-refractivity contribution is 5.36. The number of aromatic nitrogens is 2. The van der Waals surface area contributed by atoms with Gasteiger partial charge in [0.05, 0.1) is 0 Å². The van der Waals surface area contributed by atoms with Crippen LogP contribution in [0.1, 0.15) is 29.6 Å². The van der Waals surface area contributed by atoms with Crippen LogP contribution in [0.3, 0.4) is 0 Å². The first-order valence-electron chi connectivity index (χ1n) is 6.31. The molecule has 1 aromatic heterocycles. The van der Waals surface area contributed by atoms with Crippen molar-refractivity contribution in [2.24, 2.45) is 0 Å². The molecular weight excluding hydrogens is 222 g/mol. The second-order valence-corrected chi connectivity index (χ2v) is 4.43. The minimum Gasteiger partial charge on any atom is -0.373 e. The molecule has 0 aliphatic carbocycles. The van der Waals surface area contributed by atoms with E-state index in [9.17, 15) is 0 Å². The van der Waals surface area contributed by atoms with Gasteiger partial charge in [0.2, 0.25) is 0 Å². The van der Waals surface area contributed by atoms with E-state index < -0.39 is 0 Å². The zero-order valence-corrected chi connectivity index (χ0v) is 11.2. The maximum absolute atomic E-state index is 4.57. The topological polar surface area (TPSA) is 37.8 Å². The lowest BCUT2D eigenvalue weighted by atomic mass is 10.1. The predicted molar refractivity (Wildman–Crippen MR) is 74.9 cm³/mol. The number of benzene rings is 1. The standard InChI is InChI=1S/C15H19N3/c1-4-13-10-14(16-3)18-15(17-13)9-12-7-5-6-11(2)8-12/h5-8,10H,4,9H2,1-3H3,(H,16,17,18). The van der Waals surface area contributed by atoms with E-state index in [1.54, 1.807) is 0 Å². The van der Waals surface area contributed by atoms with Crippen LogP contribution in [-0.2, 0) is 12.8 Å². The van der Waals surface area contributed by atoms with E-state index in [0.717, 1.165) is 30.2 Å². The van der Waals surface area contributed by atoms with Gasteiger partial charge in [0.1, 0.15) is 11.6 Å². The fraction of sp³-hybridized carbons (Fsp3) is 0.333. The molecule has 1 heterocycles. The third kappa shape index (κ3) is 3.06. The zero-order valence-electron chi connectivity index (χ0n) is 11.2. The summed E-state index contributed by atoms with van der Waals surface area (Å²) in [5.74, 6) is 1.77. The summed E-state index contributed by atoms with van der Waals surface area (Å²) in [6.45, 7) is 4.21. The van der Waals surface area contributed by atoms with Gasteiger partial charge >= 0.3 is 0 Å². The molecule has 1 N–H and O–H groups in total. The minimum atomic E-state index is 0.782. The number of aryl methyl sites for hydroxylation is 2. The van der Waals surface area contributed by atoms with Crippen LogP contribution in [0.4, 0.5) is 5.82 Å². The van der Waals surface area contributed by atoms with Crippen LogP contribution in [0.2, 0.25) is 0 Å². The summed E-state index contributed by atoms with van der Waals surface area (Å²) in [7, 11) is 1.89. The lowest BCUT2D eigenvalue weighted by molar-refractivity contribution is 0.907. The van der Waals surface area contributed by atoms with Gasteiger partial charge in [0.15, 0.2) is 0 Å². The first-order valence-corrected chi connectivity index (χ1v) is 6.31. The van der Waals surface area contributed by atoms with Crippen molar-refractivity contribution in [3.05, 3.63) is 53.0 Å². The first-order chi connectivity index (χ1) is 8.71. The molecule has 0 atom stereocenters. The van der Waals surface area contributed by atoms with Gasteiger partial charge in [-0.05, 0) is 18.9 Å². The largest absolute Gasteiger partial charge is 0.373 e. The molecule has 3 nitrogen and oxygen atoms in total. The Morgan fingerprint density at radius 3 is 2.67 bits per heavy atom. The van der Waals surface area contributed by atoms with Gasteiger partial charge in [-0.3, -0.25) is 0 Å². The zero-order chi connectivity index (χ0) is 13.0. The first kappa shape index (κ1) is 12.6. The van der Waals surface area contributed by atoms with Gasteiger partial charge in [-0.2, -0.15) is 0 Å². The maximum atomic E-state index is 4.57. The van der Waals surface area contributed by atoms with E-state index in [-0.39, 0.29) is 0 Å². The minimum absolute atomic E-state index is 0.782. The van der Waals surface area contributed by atoms with E-state index in [2.05, 4.69) is 53.4 Å². The monoisotopic (exact) mass is 241 g/mol. The molecule has 2 aromatic rings. The Kier molecular flexibility index (Phi) is 3.92. The molecule has 0 radical (unpaired) electrons. The summed E-state index contributed by atoms with van der Waals surface area (Å²) < 4.78 is 0. The lowest BCUT2D eigenvalue weighted by Crippen LogP contribution is -2.04. The van der Waals surface area contributed by atoms with E-state index in [0.29, 0.717) is 0 Å². The fourth-order valence-electron chi connectivity index (χ4n) is 1.95. The van der Waals surface area contributed by atoms with Crippen molar-refractivity contribution in [1.29, 1.82) is 0 Å². The molecule has 0 bridgehead atoms. The van der Waals surface area contributed by atoms with Gasteiger partial charge in [-0.1, -0.05) is 36.8 Å². The molecule has 0 saturated heterocycles. The van der Waals surface area contributed by atoms with Crippen LogP contribution in [0.5, 0.6) is 0 Å². The predicted octanol–water partition coefficient (Wildman–Crippen LogP) is 2.98. The Morgan fingerprint density at radius 2 is 2.00 bits per heavy atom. The highest BCUT2D eigenvalue weighted by Gasteiger charge is 2.04. The maximum Gasteiger partial charge on any atom is 0.135 e. The summed E-state index contributed by atoms with van der Waals surface area (Å²) in [5.41, 5.74) is 3.61. The molecule has 0 amide bonds. The second-order valence-electron chi connectivity index (χ2n) is 4.43. The van der Waals surface area contributed by atoms with Crippen molar-refractivity contribution in [1.82, 2.24) is 9.97 Å². The Balaban J connectivity index is 2.28. The van der Waals surface area contributed by atoms with Crippen LogP contribution in [0.15, 0.2) is 30.3 Å². The lowest BCUT2D eigenvalue weighted by Gasteiger charge is -2.07. The van der Waals surface area contributed by atoms with Crippen molar-refractivity contribution >= 4 is 5.82 Å². The summed E-state index contributed by atoms with van der Waals surface area (Å²) in [6, 6.07) is 10.5. The molecule has 94 valence electrons. The number of hydrogen-bond donors (Lipinski definition) is 1. The number of hydrogen-bond acceptors (Lipinski definition) is 3. The summed E-state index contributed by atoms with van der Waals surface area (Å²) >= 11 is 0. The molecule has 18 heavy (non-hydrogen) atoms. The average molecular weight is 241 g/mol. The van der Waals surface area contributed by atoms with Crippen LogP contribution in [0, 0.1) is 6.92 Å². The van der Waals surface area contributed by atoms with Gasteiger partial charge in [-0.15, -0.1) is 0 Å². The third-order valence-corrected chi connectivity index (χ3v) is 2.89. The van der Waals surface area contributed by atoms with Gasteiger partial charge in [-0.25, -0.2) is 9.97 Å². The Morgan fingerprint density at radius 1 is 1.17 bits per heavy atom. The van der Waals surface area contributed by atoms with Gasteiger partial charge < -0.3 is 5.32 Å². The summed E-state index contributed by atoms with van der Waals surface area (Å²) in [4.78, 5) is 9.08. The van der Waals surface area contributed by atoms with Crippen molar-refractivity contribution in [3.8, 4) is 0 Å². The van der Waals surface area contributed by atoms with E-state index >= 15 is 0 Å². The molecule has 0 fully saturated rings. The molecule has 0 unspecified atom stereocenters. The van der Waals surface area contributed by atoms with Crippen LogP contribution < -0.4 is 5.32 Å². The molecule has 1 aromatic carbocycles. The van der Waals surface area contributed by atoms with Gasteiger partial charge in [0.25, 0.3) is 0 Å². The van der Waals surface area contributed by atoms with Crippen molar-refractivity contribution in [2.45, 2.75) is 26.7 Å². The van der Waals surface area contributed by atoms with Crippen molar-refractivity contribution in [2.75, 3.05) is 12.4 Å². The molecule has 3 heteroatoms. The smallest absolute Gasteiger partial charge is 0.135 e. The van der Waals surface area contributed by atoms with Crippen LogP contribution >= 0.6 is 0 Å². The fourth-order valence-corrected chi connectivity index (χ4v) is 1.95. The second kappa shape index (κ2) is 5.63. The molecule has 2 rings (SSSR count). The SMILES string of the molecule is CCc1cc(NC)nc(Cc2cccc(C)c2)n1. The Labute approximate surface area is 108 Å². The number of nitrogens with one attached hydrogen (secondary N) is 1. The van der Waals surface area contributed by atoms with Crippen molar-refractivity contribution < 1.29 is 0 Å². The quantitative estimate of drug-likeness (QED) is 0.894. The highest BCUT2D eigenvalue weighted by Crippen LogP contribution is 2.12. The highest BCUT2D eigenvalue weighted by atomic mass is 15.0. The number of anilines is 1.